The molecule has 1 heterocycles. The summed E-state index contributed by atoms with van der Waals surface area (Å²) in [4.78, 5) is 26.3. The molecule has 1 aromatic rings. The summed E-state index contributed by atoms with van der Waals surface area (Å²) in [5.41, 5.74) is 1.64. The molecule has 1 saturated heterocycles. The summed E-state index contributed by atoms with van der Waals surface area (Å²) in [5, 5.41) is 3.34. The van der Waals surface area contributed by atoms with Crippen molar-refractivity contribution in [2.45, 2.75) is 33.7 Å². The molecule has 2 fully saturated rings. The van der Waals surface area contributed by atoms with Crippen LogP contribution in [0.4, 0.5) is 5.69 Å². The van der Waals surface area contributed by atoms with E-state index in [0.717, 1.165) is 12.1 Å². The highest BCUT2D eigenvalue weighted by Gasteiger charge is 2.72. The fraction of sp³-hybridized carbons (Fsp3) is 0.529. The van der Waals surface area contributed by atoms with Gasteiger partial charge in [0, 0.05) is 6.04 Å². The van der Waals surface area contributed by atoms with Crippen molar-refractivity contribution < 1.29 is 9.59 Å². The van der Waals surface area contributed by atoms with Crippen molar-refractivity contribution in [1.29, 1.82) is 0 Å². The molecule has 0 radical (unpaired) electrons. The molecule has 4 nitrogen and oxygen atoms in total. The van der Waals surface area contributed by atoms with Gasteiger partial charge in [0.2, 0.25) is 11.8 Å². The predicted molar refractivity (Wildman–Crippen MR) is 81.8 cm³/mol. The lowest BCUT2D eigenvalue weighted by Gasteiger charge is -2.22. The van der Waals surface area contributed by atoms with E-state index in [1.165, 1.54) is 4.90 Å². The second-order valence-electron chi connectivity index (χ2n) is 6.66. The molecule has 3 atom stereocenters. The van der Waals surface area contributed by atoms with E-state index in [2.05, 4.69) is 19.2 Å². The number of fused-ring (bicyclic) bond motifs is 1. The standard InChI is InChI=1S/C17H22N2O2/c1-5-18-10(2)11-7-6-8-12(9-11)19-15(20)13-14(16(19)21)17(13,3)4/h6-10,13-14,18H,5H2,1-4H3. The lowest BCUT2D eigenvalue weighted by molar-refractivity contribution is -0.125. The number of carbonyl (C=O) groups excluding carboxylic acids is 2. The molecule has 4 heteroatoms. The Morgan fingerprint density at radius 2 is 1.86 bits per heavy atom. The summed E-state index contributed by atoms with van der Waals surface area (Å²) in [5.74, 6) is -0.328. The normalized spacial score (nSPS) is 27.7. The number of carbonyl (C=O) groups is 2. The highest BCUT2D eigenvalue weighted by atomic mass is 16.2. The summed E-state index contributed by atoms with van der Waals surface area (Å²) in [6.45, 7) is 9.02. The number of piperidine rings is 1. The first kappa shape index (κ1) is 14.3. The number of amides is 2. The number of rotatable bonds is 4. The molecule has 1 aliphatic heterocycles. The molecule has 2 amide bonds. The monoisotopic (exact) mass is 286 g/mol. The molecule has 1 saturated carbocycles. The lowest BCUT2D eigenvalue weighted by Crippen LogP contribution is -2.36. The first-order valence-corrected chi connectivity index (χ1v) is 7.60. The zero-order chi connectivity index (χ0) is 15.4. The van der Waals surface area contributed by atoms with Crippen LogP contribution in [0.15, 0.2) is 24.3 Å². The van der Waals surface area contributed by atoms with Crippen molar-refractivity contribution in [3.8, 4) is 0 Å². The highest BCUT2D eigenvalue weighted by Crippen LogP contribution is 2.63. The first-order chi connectivity index (χ1) is 9.89. The van der Waals surface area contributed by atoms with E-state index >= 15 is 0 Å². The Morgan fingerprint density at radius 3 is 2.43 bits per heavy atom. The number of anilines is 1. The largest absolute Gasteiger partial charge is 0.310 e. The average molecular weight is 286 g/mol. The van der Waals surface area contributed by atoms with E-state index in [4.69, 9.17) is 0 Å². The molecule has 0 bridgehead atoms. The molecule has 3 unspecified atom stereocenters. The van der Waals surface area contributed by atoms with Crippen molar-refractivity contribution in [1.82, 2.24) is 5.32 Å². The molecule has 3 rings (SSSR count). The second-order valence-corrected chi connectivity index (χ2v) is 6.66. The third-order valence-corrected chi connectivity index (χ3v) is 4.94. The molecule has 1 aliphatic carbocycles. The zero-order valence-corrected chi connectivity index (χ0v) is 13.0. The summed E-state index contributed by atoms with van der Waals surface area (Å²) in [6, 6.07) is 7.92. The Balaban J connectivity index is 1.88. The minimum Gasteiger partial charge on any atom is -0.310 e. The Kier molecular flexibility index (Phi) is 3.17. The molecule has 112 valence electrons. The highest BCUT2D eigenvalue weighted by molar-refractivity contribution is 6.25. The van der Waals surface area contributed by atoms with Crippen molar-refractivity contribution in [2.24, 2.45) is 17.3 Å². The van der Waals surface area contributed by atoms with Gasteiger partial charge in [0.1, 0.15) is 0 Å². The van der Waals surface area contributed by atoms with Crippen molar-refractivity contribution in [3.63, 3.8) is 0 Å². The maximum Gasteiger partial charge on any atom is 0.238 e. The van der Waals surface area contributed by atoms with Gasteiger partial charge in [0.15, 0.2) is 0 Å². The van der Waals surface area contributed by atoms with Crippen LogP contribution in [-0.2, 0) is 9.59 Å². The van der Waals surface area contributed by atoms with Crippen LogP contribution in [-0.4, -0.2) is 18.4 Å². The SMILES string of the molecule is CCNC(C)c1cccc(N2C(=O)C3C(C2=O)C3(C)C)c1. The van der Waals surface area contributed by atoms with Gasteiger partial charge in [-0.05, 0) is 36.6 Å². The molecular formula is C17H22N2O2. The van der Waals surface area contributed by atoms with Gasteiger partial charge in [-0.15, -0.1) is 0 Å². The fourth-order valence-corrected chi connectivity index (χ4v) is 3.56. The van der Waals surface area contributed by atoms with Crippen LogP contribution in [0.3, 0.4) is 0 Å². The minimum absolute atomic E-state index is 0.0387. The summed E-state index contributed by atoms with van der Waals surface area (Å²) in [6.07, 6.45) is 0. The van der Waals surface area contributed by atoms with E-state index in [1.54, 1.807) is 0 Å². The van der Waals surface area contributed by atoms with Crippen LogP contribution in [0.5, 0.6) is 0 Å². The van der Waals surface area contributed by atoms with Crippen molar-refractivity contribution >= 4 is 17.5 Å². The van der Waals surface area contributed by atoms with E-state index in [0.29, 0.717) is 5.69 Å². The van der Waals surface area contributed by atoms with Gasteiger partial charge in [-0.3, -0.25) is 14.5 Å². The van der Waals surface area contributed by atoms with Crippen LogP contribution in [0.2, 0.25) is 0 Å². The maximum absolute atomic E-state index is 12.5. The number of benzene rings is 1. The molecule has 21 heavy (non-hydrogen) atoms. The smallest absolute Gasteiger partial charge is 0.238 e. The van der Waals surface area contributed by atoms with Crippen LogP contribution in [0.1, 0.15) is 39.3 Å². The third-order valence-electron chi connectivity index (χ3n) is 4.94. The predicted octanol–water partition coefficient (Wildman–Crippen LogP) is 2.50. The van der Waals surface area contributed by atoms with Crippen molar-refractivity contribution in [3.05, 3.63) is 29.8 Å². The Labute approximate surface area is 125 Å². The summed E-state index contributed by atoms with van der Waals surface area (Å²) >= 11 is 0. The van der Waals surface area contributed by atoms with Crippen LogP contribution in [0.25, 0.3) is 0 Å². The quantitative estimate of drug-likeness (QED) is 0.865. The van der Waals surface area contributed by atoms with Gasteiger partial charge in [0.25, 0.3) is 0 Å². The Morgan fingerprint density at radius 1 is 1.24 bits per heavy atom. The molecule has 1 aromatic carbocycles. The van der Waals surface area contributed by atoms with Crippen LogP contribution in [0, 0.1) is 17.3 Å². The molecule has 1 N–H and O–H groups in total. The van der Waals surface area contributed by atoms with Crippen LogP contribution < -0.4 is 10.2 Å². The minimum atomic E-state index is -0.153. The maximum atomic E-state index is 12.5. The third kappa shape index (κ3) is 2.01. The first-order valence-electron chi connectivity index (χ1n) is 7.60. The van der Waals surface area contributed by atoms with E-state index in [-0.39, 0.29) is 35.1 Å². The molecular weight excluding hydrogens is 264 g/mol. The Bertz CT molecular complexity index is 585. The summed E-state index contributed by atoms with van der Waals surface area (Å²) in [7, 11) is 0. The molecule has 0 aromatic heterocycles. The molecule has 0 spiro atoms. The average Bonchev–Trinajstić information content (AvgIpc) is 2.89. The van der Waals surface area contributed by atoms with Gasteiger partial charge in [-0.25, -0.2) is 0 Å². The summed E-state index contributed by atoms with van der Waals surface area (Å²) < 4.78 is 0. The van der Waals surface area contributed by atoms with Gasteiger partial charge in [-0.1, -0.05) is 32.9 Å². The fourth-order valence-electron chi connectivity index (χ4n) is 3.56. The number of nitrogens with one attached hydrogen (secondary N) is 1. The molecule has 2 aliphatic rings. The second kappa shape index (κ2) is 4.67. The lowest BCUT2D eigenvalue weighted by atomic mass is 10.0. The topological polar surface area (TPSA) is 49.4 Å². The van der Waals surface area contributed by atoms with E-state index in [1.807, 2.05) is 38.1 Å². The van der Waals surface area contributed by atoms with E-state index in [9.17, 15) is 9.59 Å². The van der Waals surface area contributed by atoms with Gasteiger partial charge in [-0.2, -0.15) is 0 Å². The van der Waals surface area contributed by atoms with Gasteiger partial charge >= 0.3 is 0 Å². The van der Waals surface area contributed by atoms with Crippen LogP contribution >= 0.6 is 0 Å². The van der Waals surface area contributed by atoms with E-state index < -0.39 is 0 Å². The van der Waals surface area contributed by atoms with Gasteiger partial charge in [0.05, 0.1) is 17.5 Å². The number of nitrogens with zero attached hydrogens (tertiary/aromatic N) is 1. The van der Waals surface area contributed by atoms with Crippen molar-refractivity contribution in [2.75, 3.05) is 11.4 Å². The number of hydrogen-bond acceptors (Lipinski definition) is 3. The number of hydrogen-bond donors (Lipinski definition) is 1. The zero-order valence-electron chi connectivity index (χ0n) is 13.0. The number of imide groups is 1. The van der Waals surface area contributed by atoms with Gasteiger partial charge < -0.3 is 5.32 Å². The Hall–Kier alpha value is -1.68.